The highest BCUT2D eigenvalue weighted by Gasteiger charge is 2.14. The zero-order valence-corrected chi connectivity index (χ0v) is 23.7. The van der Waals surface area contributed by atoms with Crippen LogP contribution in [0.25, 0.3) is 10.9 Å². The number of halogens is 1. The van der Waals surface area contributed by atoms with E-state index in [1.807, 2.05) is 91.1 Å². The second-order valence-corrected chi connectivity index (χ2v) is 10.1. The molecule has 0 spiro atoms. The first-order valence-electron chi connectivity index (χ1n) is 13.5. The Labute approximate surface area is 245 Å². The zero-order valence-electron chi connectivity index (χ0n) is 22.9. The van der Waals surface area contributed by atoms with Gasteiger partial charge in [-0.3, -0.25) is 4.79 Å². The van der Waals surface area contributed by atoms with Crippen LogP contribution in [-0.2, 0) is 29.1 Å². The second kappa shape index (κ2) is 13.8. The molecular weight excluding hydrogens is 538 g/mol. The highest BCUT2D eigenvalue weighted by atomic mass is 35.5. The van der Waals surface area contributed by atoms with Crippen LogP contribution < -0.4 is 14.2 Å². The van der Waals surface area contributed by atoms with E-state index in [2.05, 4.69) is 16.7 Å². The molecule has 0 saturated heterocycles. The van der Waals surface area contributed by atoms with Gasteiger partial charge in [0.05, 0.1) is 26.7 Å². The van der Waals surface area contributed by atoms with Gasteiger partial charge in [-0.15, -0.1) is 0 Å². The molecule has 7 heteroatoms. The number of carbonyl (C=O) groups excluding carboxylic acids is 1. The minimum Gasteiger partial charge on any atom is -0.493 e. The van der Waals surface area contributed by atoms with Crippen LogP contribution in [0.1, 0.15) is 23.1 Å². The van der Waals surface area contributed by atoms with E-state index in [0.29, 0.717) is 31.4 Å². The molecule has 0 aliphatic rings. The maximum Gasteiger partial charge on any atom is 0.310 e. The van der Waals surface area contributed by atoms with Crippen molar-refractivity contribution in [2.45, 2.75) is 26.0 Å². The molecule has 0 amide bonds. The van der Waals surface area contributed by atoms with Gasteiger partial charge in [0, 0.05) is 35.1 Å². The van der Waals surface area contributed by atoms with Gasteiger partial charge in [0.1, 0.15) is 23.9 Å². The first kappa shape index (κ1) is 28.1. The number of fused-ring (bicyclic) bond motifs is 1. The summed E-state index contributed by atoms with van der Waals surface area (Å²) in [6, 6.07) is 31.4. The molecule has 5 rings (SSSR count). The number of carbonyl (C=O) groups is 1. The molecule has 5 aromatic rings. The summed E-state index contributed by atoms with van der Waals surface area (Å²) in [5.41, 5.74) is 4.20. The largest absolute Gasteiger partial charge is 0.493 e. The van der Waals surface area contributed by atoms with Crippen LogP contribution in [0, 0.1) is 0 Å². The molecule has 1 heterocycles. The Morgan fingerprint density at radius 3 is 2.12 bits per heavy atom. The predicted molar refractivity (Wildman–Crippen MR) is 161 cm³/mol. The van der Waals surface area contributed by atoms with Crippen molar-refractivity contribution >= 4 is 28.5 Å². The summed E-state index contributed by atoms with van der Waals surface area (Å²) in [4.78, 5) is 12.1. The Hall–Kier alpha value is -4.42. The fraction of sp³-hybridized carbons (Fsp3) is 0.206. The van der Waals surface area contributed by atoms with Crippen LogP contribution >= 0.6 is 11.6 Å². The smallest absolute Gasteiger partial charge is 0.310 e. The Bertz CT molecular complexity index is 1560. The highest BCUT2D eigenvalue weighted by Crippen LogP contribution is 2.28. The molecule has 6 nitrogen and oxygen atoms in total. The average Bonchev–Trinajstić information content (AvgIpc) is 3.33. The summed E-state index contributed by atoms with van der Waals surface area (Å²) >= 11 is 5.93. The van der Waals surface area contributed by atoms with E-state index in [1.54, 1.807) is 0 Å². The molecule has 0 fully saturated rings. The fourth-order valence-electron chi connectivity index (χ4n) is 4.54. The van der Waals surface area contributed by atoms with Gasteiger partial charge in [0.15, 0.2) is 0 Å². The van der Waals surface area contributed by atoms with Crippen LogP contribution in [0.5, 0.6) is 17.2 Å². The van der Waals surface area contributed by atoms with E-state index >= 15 is 0 Å². The Morgan fingerprint density at radius 1 is 0.756 bits per heavy atom. The molecule has 0 bridgehead atoms. The normalized spacial score (nSPS) is 10.9. The summed E-state index contributed by atoms with van der Waals surface area (Å²) in [6.07, 6.45) is 2.95. The number of esters is 1. The number of hydrogen-bond acceptors (Lipinski definition) is 5. The third-order valence-corrected chi connectivity index (χ3v) is 6.91. The molecule has 0 saturated carbocycles. The van der Waals surface area contributed by atoms with E-state index < -0.39 is 0 Å². The van der Waals surface area contributed by atoms with Gasteiger partial charge >= 0.3 is 5.97 Å². The lowest BCUT2D eigenvalue weighted by Crippen LogP contribution is -2.05. The van der Waals surface area contributed by atoms with Crippen molar-refractivity contribution < 1.29 is 23.7 Å². The van der Waals surface area contributed by atoms with E-state index in [-0.39, 0.29) is 12.4 Å². The lowest BCUT2D eigenvalue weighted by atomic mass is 10.1. The number of methoxy groups -OCH3 is 1. The van der Waals surface area contributed by atoms with Crippen LogP contribution in [0.2, 0.25) is 5.02 Å². The number of ether oxygens (including phenoxy) is 4. The number of hydrogen-bond donors (Lipinski definition) is 0. The van der Waals surface area contributed by atoms with E-state index in [9.17, 15) is 4.79 Å². The highest BCUT2D eigenvalue weighted by molar-refractivity contribution is 6.30. The molecule has 4 aromatic carbocycles. The summed E-state index contributed by atoms with van der Waals surface area (Å²) in [5.74, 6) is 2.03. The topological polar surface area (TPSA) is 58.9 Å². The minimum atomic E-state index is -0.270. The first-order valence-corrected chi connectivity index (χ1v) is 13.9. The molecule has 210 valence electrons. The monoisotopic (exact) mass is 569 g/mol. The van der Waals surface area contributed by atoms with Crippen molar-refractivity contribution in [1.29, 1.82) is 0 Å². The van der Waals surface area contributed by atoms with Gasteiger partial charge in [-0.2, -0.15) is 0 Å². The summed E-state index contributed by atoms with van der Waals surface area (Å²) in [5, 5.41) is 1.69. The third-order valence-electron chi connectivity index (χ3n) is 6.66. The SMILES string of the molecule is COC(=O)Cc1cn(Cc2ccccc2)c2ccc(OCCCOc3ccc(OCc4ccc(Cl)cc4)cc3)cc12. The molecule has 1 aromatic heterocycles. The molecular formula is C34H32ClNO5. The fourth-order valence-corrected chi connectivity index (χ4v) is 4.66. The van der Waals surface area contributed by atoms with E-state index in [4.69, 9.17) is 30.5 Å². The van der Waals surface area contributed by atoms with E-state index in [0.717, 1.165) is 45.7 Å². The number of rotatable bonds is 13. The van der Waals surface area contributed by atoms with Gasteiger partial charge < -0.3 is 23.5 Å². The summed E-state index contributed by atoms with van der Waals surface area (Å²) in [6.45, 7) is 2.22. The van der Waals surface area contributed by atoms with Crippen molar-refractivity contribution in [3.05, 3.63) is 125 Å². The first-order chi connectivity index (χ1) is 20.1. The minimum absolute atomic E-state index is 0.205. The molecule has 0 aliphatic heterocycles. The van der Waals surface area contributed by atoms with Gasteiger partial charge in [-0.1, -0.05) is 54.1 Å². The molecule has 0 aliphatic carbocycles. The summed E-state index contributed by atoms with van der Waals surface area (Å²) in [7, 11) is 1.41. The molecule has 0 N–H and O–H groups in total. The Kier molecular flexibility index (Phi) is 9.45. The van der Waals surface area contributed by atoms with Crippen molar-refractivity contribution in [2.75, 3.05) is 20.3 Å². The van der Waals surface area contributed by atoms with Crippen LogP contribution in [-0.4, -0.2) is 30.9 Å². The van der Waals surface area contributed by atoms with Gasteiger partial charge in [-0.25, -0.2) is 0 Å². The van der Waals surface area contributed by atoms with Gasteiger partial charge in [0.25, 0.3) is 0 Å². The number of aromatic nitrogens is 1. The quantitative estimate of drug-likeness (QED) is 0.109. The summed E-state index contributed by atoms with van der Waals surface area (Å²) < 4.78 is 24.8. The third kappa shape index (κ3) is 7.83. The Balaban J connectivity index is 1.13. The lowest BCUT2D eigenvalue weighted by Gasteiger charge is -2.10. The number of benzene rings is 4. The zero-order chi connectivity index (χ0) is 28.4. The Morgan fingerprint density at radius 2 is 1.41 bits per heavy atom. The lowest BCUT2D eigenvalue weighted by molar-refractivity contribution is -0.139. The van der Waals surface area contributed by atoms with Gasteiger partial charge in [-0.05, 0) is 71.3 Å². The van der Waals surface area contributed by atoms with Crippen molar-refractivity contribution in [1.82, 2.24) is 4.57 Å². The van der Waals surface area contributed by atoms with Crippen LogP contribution in [0.15, 0.2) is 103 Å². The van der Waals surface area contributed by atoms with Crippen LogP contribution in [0.4, 0.5) is 0 Å². The molecule has 41 heavy (non-hydrogen) atoms. The van der Waals surface area contributed by atoms with Crippen molar-refractivity contribution in [3.63, 3.8) is 0 Å². The molecule has 0 radical (unpaired) electrons. The van der Waals surface area contributed by atoms with E-state index in [1.165, 1.54) is 12.7 Å². The molecule has 0 atom stereocenters. The van der Waals surface area contributed by atoms with Crippen molar-refractivity contribution in [3.8, 4) is 17.2 Å². The predicted octanol–water partition coefficient (Wildman–Crippen LogP) is 7.49. The second-order valence-electron chi connectivity index (χ2n) is 9.64. The van der Waals surface area contributed by atoms with Crippen LogP contribution in [0.3, 0.4) is 0 Å². The average molecular weight is 570 g/mol. The molecule has 0 unspecified atom stereocenters. The maximum atomic E-state index is 12.1. The van der Waals surface area contributed by atoms with Crippen molar-refractivity contribution in [2.24, 2.45) is 0 Å². The maximum absolute atomic E-state index is 12.1. The standard InChI is InChI=1S/C34H32ClNO5/c1-38-34(37)20-27-23-36(22-25-6-3-2-4-7-25)33-17-16-31(21-32(27)33)40-19-5-18-39-29-12-14-30(15-13-29)41-24-26-8-10-28(35)11-9-26/h2-4,6-17,21,23H,5,18-20,22,24H2,1H3. The number of nitrogens with zero attached hydrogens (tertiary/aromatic N) is 1. The van der Waals surface area contributed by atoms with Gasteiger partial charge in [0.2, 0.25) is 0 Å².